The molecule has 1 nitrogen and oxygen atoms in total. The summed E-state index contributed by atoms with van der Waals surface area (Å²) >= 11 is 0. The fourth-order valence-electron chi connectivity index (χ4n) is 1.89. The molecule has 1 heteroatoms. The summed E-state index contributed by atoms with van der Waals surface area (Å²) in [4.78, 5) is 0. The first-order chi connectivity index (χ1) is 6.85. The lowest BCUT2D eigenvalue weighted by atomic mass is 10.0. The van der Waals surface area contributed by atoms with Crippen molar-refractivity contribution >= 4 is 11.0 Å². The molecule has 2 rings (SSSR count). The third-order valence-corrected chi connectivity index (χ3v) is 2.83. The Balaban J connectivity index is 2.43. The van der Waals surface area contributed by atoms with Crippen molar-refractivity contribution in [3.8, 4) is 0 Å². The van der Waals surface area contributed by atoms with Gasteiger partial charge in [0.1, 0.15) is 11.3 Å². The Morgan fingerprint density at radius 2 is 1.86 bits per heavy atom. The second kappa shape index (κ2) is 3.87. The van der Waals surface area contributed by atoms with E-state index in [-0.39, 0.29) is 0 Å². The smallest absolute Gasteiger partial charge is 0.134 e. The molecule has 0 bridgehead atoms. The van der Waals surface area contributed by atoms with Crippen LogP contribution in [0.15, 0.2) is 34.7 Å². The SMILES string of the molecule is CCC(CC)c1cc2ccccc2o1. The fourth-order valence-corrected chi connectivity index (χ4v) is 1.89. The summed E-state index contributed by atoms with van der Waals surface area (Å²) < 4.78 is 5.81. The van der Waals surface area contributed by atoms with E-state index in [9.17, 15) is 0 Å². The minimum Gasteiger partial charge on any atom is -0.461 e. The van der Waals surface area contributed by atoms with Crippen molar-refractivity contribution in [2.45, 2.75) is 32.6 Å². The number of furan rings is 1. The van der Waals surface area contributed by atoms with Crippen LogP contribution < -0.4 is 0 Å². The van der Waals surface area contributed by atoms with Crippen molar-refractivity contribution in [3.63, 3.8) is 0 Å². The summed E-state index contributed by atoms with van der Waals surface area (Å²) in [7, 11) is 0. The Labute approximate surface area is 84.7 Å². The molecule has 0 aliphatic heterocycles. The van der Waals surface area contributed by atoms with Crippen LogP contribution in [-0.2, 0) is 0 Å². The monoisotopic (exact) mass is 188 g/mol. The Morgan fingerprint density at radius 1 is 1.14 bits per heavy atom. The van der Waals surface area contributed by atoms with Gasteiger partial charge in [0.05, 0.1) is 0 Å². The lowest BCUT2D eigenvalue weighted by Gasteiger charge is -2.06. The van der Waals surface area contributed by atoms with Gasteiger partial charge in [-0.3, -0.25) is 0 Å². The van der Waals surface area contributed by atoms with Crippen LogP contribution in [0, 0.1) is 0 Å². The molecule has 0 spiro atoms. The number of benzene rings is 1. The van der Waals surface area contributed by atoms with E-state index >= 15 is 0 Å². The van der Waals surface area contributed by atoms with E-state index in [1.165, 1.54) is 5.39 Å². The van der Waals surface area contributed by atoms with Crippen molar-refractivity contribution in [3.05, 3.63) is 36.1 Å². The highest BCUT2D eigenvalue weighted by Gasteiger charge is 2.11. The highest BCUT2D eigenvalue weighted by Crippen LogP contribution is 2.28. The lowest BCUT2D eigenvalue weighted by molar-refractivity contribution is 0.472. The van der Waals surface area contributed by atoms with Gasteiger partial charge in [-0.1, -0.05) is 32.0 Å². The van der Waals surface area contributed by atoms with Crippen molar-refractivity contribution < 1.29 is 4.42 Å². The Bertz CT molecular complexity index is 377. The van der Waals surface area contributed by atoms with Gasteiger partial charge in [0.25, 0.3) is 0 Å². The average Bonchev–Trinajstić information content (AvgIpc) is 2.63. The number of rotatable bonds is 3. The number of fused-ring (bicyclic) bond motifs is 1. The Hall–Kier alpha value is -1.24. The van der Waals surface area contributed by atoms with Gasteiger partial charge >= 0.3 is 0 Å². The highest BCUT2D eigenvalue weighted by atomic mass is 16.3. The summed E-state index contributed by atoms with van der Waals surface area (Å²) in [5, 5.41) is 1.22. The predicted molar refractivity (Wildman–Crippen MR) is 59.5 cm³/mol. The number of hydrogen-bond acceptors (Lipinski definition) is 1. The third kappa shape index (κ3) is 1.54. The molecule has 1 heterocycles. The average molecular weight is 188 g/mol. The minimum atomic E-state index is 0.572. The van der Waals surface area contributed by atoms with Gasteiger partial charge < -0.3 is 4.42 Å². The fraction of sp³-hybridized carbons (Fsp3) is 0.385. The lowest BCUT2D eigenvalue weighted by Crippen LogP contribution is -1.91. The van der Waals surface area contributed by atoms with E-state index in [0.717, 1.165) is 24.2 Å². The maximum atomic E-state index is 5.81. The van der Waals surface area contributed by atoms with E-state index in [4.69, 9.17) is 4.42 Å². The standard InChI is InChI=1S/C13H16O/c1-3-10(4-2)13-9-11-7-5-6-8-12(11)14-13/h5-10H,3-4H2,1-2H3. The van der Waals surface area contributed by atoms with E-state index in [0.29, 0.717) is 5.92 Å². The summed E-state index contributed by atoms with van der Waals surface area (Å²) in [5.74, 6) is 1.71. The molecule has 0 unspecified atom stereocenters. The van der Waals surface area contributed by atoms with Crippen LogP contribution in [0.25, 0.3) is 11.0 Å². The first kappa shape index (κ1) is 9.32. The molecule has 2 aromatic rings. The summed E-state index contributed by atoms with van der Waals surface area (Å²) in [6, 6.07) is 10.4. The highest BCUT2D eigenvalue weighted by molar-refractivity contribution is 5.77. The molecule has 0 N–H and O–H groups in total. The minimum absolute atomic E-state index is 0.572. The van der Waals surface area contributed by atoms with Gasteiger partial charge in [0, 0.05) is 11.3 Å². The van der Waals surface area contributed by atoms with Crippen LogP contribution in [0.4, 0.5) is 0 Å². The van der Waals surface area contributed by atoms with Crippen LogP contribution in [-0.4, -0.2) is 0 Å². The quantitative estimate of drug-likeness (QED) is 0.698. The zero-order chi connectivity index (χ0) is 9.97. The third-order valence-electron chi connectivity index (χ3n) is 2.83. The summed E-state index contributed by atoms with van der Waals surface area (Å²) in [6.07, 6.45) is 2.30. The topological polar surface area (TPSA) is 13.1 Å². The van der Waals surface area contributed by atoms with Crippen molar-refractivity contribution in [2.24, 2.45) is 0 Å². The molecule has 0 amide bonds. The van der Waals surface area contributed by atoms with Gasteiger partial charge in [0.15, 0.2) is 0 Å². The van der Waals surface area contributed by atoms with Gasteiger partial charge in [-0.05, 0) is 25.0 Å². The van der Waals surface area contributed by atoms with E-state index in [2.05, 4.69) is 32.0 Å². The maximum Gasteiger partial charge on any atom is 0.134 e. The molecule has 0 saturated heterocycles. The van der Waals surface area contributed by atoms with Crippen LogP contribution in [0.1, 0.15) is 38.4 Å². The van der Waals surface area contributed by atoms with Crippen molar-refractivity contribution in [2.75, 3.05) is 0 Å². The summed E-state index contributed by atoms with van der Waals surface area (Å²) in [6.45, 7) is 4.42. The molecule has 0 saturated carbocycles. The number of hydrogen-bond donors (Lipinski definition) is 0. The van der Waals surface area contributed by atoms with Crippen LogP contribution >= 0.6 is 0 Å². The first-order valence-corrected chi connectivity index (χ1v) is 5.33. The van der Waals surface area contributed by atoms with Gasteiger partial charge in [0.2, 0.25) is 0 Å². The molecule has 0 aliphatic carbocycles. The van der Waals surface area contributed by atoms with Gasteiger partial charge in [-0.25, -0.2) is 0 Å². The second-order valence-electron chi connectivity index (χ2n) is 3.70. The molecule has 74 valence electrons. The zero-order valence-electron chi connectivity index (χ0n) is 8.79. The van der Waals surface area contributed by atoms with Crippen LogP contribution in [0.5, 0.6) is 0 Å². The molecule has 1 aromatic carbocycles. The molecule has 0 aliphatic rings. The number of para-hydroxylation sites is 1. The van der Waals surface area contributed by atoms with E-state index < -0.39 is 0 Å². The van der Waals surface area contributed by atoms with Gasteiger partial charge in [-0.15, -0.1) is 0 Å². The van der Waals surface area contributed by atoms with Gasteiger partial charge in [-0.2, -0.15) is 0 Å². The Kier molecular flexibility index (Phi) is 2.58. The van der Waals surface area contributed by atoms with Crippen molar-refractivity contribution in [1.82, 2.24) is 0 Å². The van der Waals surface area contributed by atoms with E-state index in [1.807, 2.05) is 12.1 Å². The largest absolute Gasteiger partial charge is 0.461 e. The zero-order valence-corrected chi connectivity index (χ0v) is 8.79. The molecular weight excluding hydrogens is 172 g/mol. The van der Waals surface area contributed by atoms with Crippen LogP contribution in [0.3, 0.4) is 0 Å². The molecule has 0 atom stereocenters. The Morgan fingerprint density at radius 3 is 2.50 bits per heavy atom. The first-order valence-electron chi connectivity index (χ1n) is 5.33. The normalized spacial score (nSPS) is 11.4. The van der Waals surface area contributed by atoms with Crippen molar-refractivity contribution in [1.29, 1.82) is 0 Å². The summed E-state index contributed by atoms with van der Waals surface area (Å²) in [5.41, 5.74) is 1.01. The molecular formula is C13H16O. The molecule has 1 aromatic heterocycles. The second-order valence-corrected chi connectivity index (χ2v) is 3.70. The van der Waals surface area contributed by atoms with Crippen LogP contribution in [0.2, 0.25) is 0 Å². The van der Waals surface area contributed by atoms with E-state index in [1.54, 1.807) is 0 Å². The molecule has 0 fully saturated rings. The maximum absolute atomic E-state index is 5.81. The predicted octanol–water partition coefficient (Wildman–Crippen LogP) is 4.34. The molecule has 0 radical (unpaired) electrons. The molecule has 14 heavy (non-hydrogen) atoms.